The summed E-state index contributed by atoms with van der Waals surface area (Å²) in [5.74, 6) is 0.398. The van der Waals surface area contributed by atoms with Crippen LogP contribution in [-0.4, -0.2) is 32.5 Å². The van der Waals surface area contributed by atoms with Crippen LogP contribution >= 0.6 is 0 Å². The molecule has 2 aromatic rings. The molecule has 1 saturated heterocycles. The fourth-order valence-electron chi connectivity index (χ4n) is 2.47. The molecular formula is C13H15N5O. The number of hydrogen-bond acceptors (Lipinski definition) is 4. The van der Waals surface area contributed by atoms with E-state index in [1.165, 1.54) is 0 Å². The van der Waals surface area contributed by atoms with Gasteiger partial charge < -0.3 is 15.6 Å². The quantitative estimate of drug-likeness (QED) is 0.850. The van der Waals surface area contributed by atoms with Crippen molar-refractivity contribution in [3.8, 4) is 0 Å². The molecular weight excluding hydrogens is 242 g/mol. The Kier molecular flexibility index (Phi) is 2.91. The number of nitrogen functional groups attached to an aromatic ring is 1. The van der Waals surface area contributed by atoms with Crippen LogP contribution in [0.15, 0.2) is 30.5 Å². The minimum absolute atomic E-state index is 0.00567. The van der Waals surface area contributed by atoms with Gasteiger partial charge in [-0.3, -0.25) is 4.79 Å². The van der Waals surface area contributed by atoms with Gasteiger partial charge >= 0.3 is 0 Å². The molecule has 6 heteroatoms. The summed E-state index contributed by atoms with van der Waals surface area (Å²) < 4.78 is 0. The summed E-state index contributed by atoms with van der Waals surface area (Å²) in [5.41, 5.74) is 6.94. The van der Waals surface area contributed by atoms with Gasteiger partial charge in [0.2, 0.25) is 0 Å². The first-order valence-electron chi connectivity index (χ1n) is 6.29. The Morgan fingerprint density at radius 2 is 2.26 bits per heavy atom. The second kappa shape index (κ2) is 4.72. The third-order valence-electron chi connectivity index (χ3n) is 3.39. The molecule has 3 rings (SSSR count). The Labute approximate surface area is 110 Å². The Hall–Kier alpha value is -2.37. The summed E-state index contributed by atoms with van der Waals surface area (Å²) in [5, 5.41) is 7.96. The number of nitrogens with zero attached hydrogens (tertiary/aromatic N) is 3. The third kappa shape index (κ3) is 2.16. The number of likely N-dealkylation sites (tertiary alicyclic amines) is 1. The first kappa shape index (κ1) is 11.7. The minimum atomic E-state index is -0.0103. The van der Waals surface area contributed by atoms with Crippen LogP contribution in [0.5, 0.6) is 0 Å². The summed E-state index contributed by atoms with van der Waals surface area (Å²) in [7, 11) is 0. The lowest BCUT2D eigenvalue weighted by Crippen LogP contribution is -2.31. The summed E-state index contributed by atoms with van der Waals surface area (Å²) in [6.07, 6.45) is 3.63. The molecule has 1 aliphatic heterocycles. The molecule has 1 amide bonds. The summed E-state index contributed by atoms with van der Waals surface area (Å²) in [6, 6.07) is 7.16. The normalized spacial score (nSPS) is 18.7. The first-order valence-corrected chi connectivity index (χ1v) is 6.29. The van der Waals surface area contributed by atoms with Crippen LogP contribution in [0.25, 0.3) is 0 Å². The van der Waals surface area contributed by atoms with Gasteiger partial charge in [-0.25, -0.2) is 0 Å². The van der Waals surface area contributed by atoms with Gasteiger partial charge in [0, 0.05) is 12.7 Å². The zero-order valence-corrected chi connectivity index (χ0v) is 10.4. The van der Waals surface area contributed by atoms with Crippen LogP contribution in [0.2, 0.25) is 0 Å². The predicted octanol–water partition coefficient (Wildman–Crippen LogP) is 1.36. The standard InChI is InChI=1S/C13H15N5O/c14-12-6-5-9(16-17-12)11-4-2-8-18(11)13(19)10-3-1-7-15-10/h1,3,5-7,11,15H,2,4,8H2,(H2,14,17). The monoisotopic (exact) mass is 257 g/mol. The Morgan fingerprint density at radius 1 is 1.37 bits per heavy atom. The second-order valence-corrected chi connectivity index (χ2v) is 4.62. The number of aromatic amines is 1. The molecule has 6 nitrogen and oxygen atoms in total. The van der Waals surface area contributed by atoms with Crippen molar-refractivity contribution in [1.29, 1.82) is 0 Å². The lowest BCUT2D eigenvalue weighted by molar-refractivity contribution is 0.0727. The maximum Gasteiger partial charge on any atom is 0.270 e. The molecule has 0 bridgehead atoms. The van der Waals surface area contributed by atoms with Gasteiger partial charge in [0.05, 0.1) is 11.7 Å². The van der Waals surface area contributed by atoms with Crippen LogP contribution in [-0.2, 0) is 0 Å². The average Bonchev–Trinajstić information content (AvgIpc) is 3.10. The number of carbonyl (C=O) groups excluding carboxylic acids is 1. The number of H-pyrrole nitrogens is 1. The lowest BCUT2D eigenvalue weighted by atomic mass is 10.1. The van der Waals surface area contributed by atoms with E-state index in [0.717, 1.165) is 25.1 Å². The molecule has 98 valence electrons. The van der Waals surface area contributed by atoms with Crippen molar-refractivity contribution in [2.24, 2.45) is 0 Å². The van der Waals surface area contributed by atoms with E-state index in [-0.39, 0.29) is 11.9 Å². The van der Waals surface area contributed by atoms with Gasteiger partial charge in [0.25, 0.3) is 5.91 Å². The second-order valence-electron chi connectivity index (χ2n) is 4.62. The van der Waals surface area contributed by atoms with E-state index < -0.39 is 0 Å². The molecule has 3 N–H and O–H groups in total. The number of aromatic nitrogens is 3. The van der Waals surface area contributed by atoms with Crippen molar-refractivity contribution in [2.75, 3.05) is 12.3 Å². The van der Waals surface area contributed by atoms with Gasteiger partial charge in [-0.2, -0.15) is 5.10 Å². The largest absolute Gasteiger partial charge is 0.382 e. The highest BCUT2D eigenvalue weighted by molar-refractivity contribution is 5.92. The molecule has 0 saturated carbocycles. The highest BCUT2D eigenvalue weighted by atomic mass is 16.2. The SMILES string of the molecule is Nc1ccc(C2CCCN2C(=O)c2ccc[nH]2)nn1. The zero-order valence-electron chi connectivity index (χ0n) is 10.4. The molecule has 19 heavy (non-hydrogen) atoms. The van der Waals surface area contributed by atoms with Crippen molar-refractivity contribution in [3.05, 3.63) is 41.9 Å². The molecule has 0 aromatic carbocycles. The van der Waals surface area contributed by atoms with E-state index in [1.807, 2.05) is 17.0 Å². The number of rotatable bonds is 2. The van der Waals surface area contributed by atoms with Crippen molar-refractivity contribution in [3.63, 3.8) is 0 Å². The zero-order chi connectivity index (χ0) is 13.2. The average molecular weight is 257 g/mol. The fraction of sp³-hybridized carbons (Fsp3) is 0.308. The molecule has 1 atom stereocenters. The van der Waals surface area contributed by atoms with Crippen LogP contribution in [0.3, 0.4) is 0 Å². The van der Waals surface area contributed by atoms with E-state index in [9.17, 15) is 4.79 Å². The Bertz CT molecular complexity index is 563. The van der Waals surface area contributed by atoms with Gasteiger partial charge in [-0.15, -0.1) is 5.10 Å². The van der Waals surface area contributed by atoms with E-state index in [1.54, 1.807) is 18.3 Å². The van der Waals surface area contributed by atoms with Crippen molar-refractivity contribution < 1.29 is 4.79 Å². The summed E-state index contributed by atoms with van der Waals surface area (Å²) in [4.78, 5) is 17.2. The van der Waals surface area contributed by atoms with E-state index in [2.05, 4.69) is 15.2 Å². The maximum atomic E-state index is 12.4. The number of hydrogen-bond donors (Lipinski definition) is 2. The third-order valence-corrected chi connectivity index (χ3v) is 3.39. The molecule has 1 unspecified atom stereocenters. The van der Waals surface area contributed by atoms with E-state index >= 15 is 0 Å². The number of nitrogens with one attached hydrogen (secondary N) is 1. The Morgan fingerprint density at radius 3 is 2.95 bits per heavy atom. The number of anilines is 1. The summed E-state index contributed by atoms with van der Waals surface area (Å²) >= 11 is 0. The lowest BCUT2D eigenvalue weighted by Gasteiger charge is -2.23. The Balaban J connectivity index is 1.85. The van der Waals surface area contributed by atoms with E-state index in [4.69, 9.17) is 5.73 Å². The van der Waals surface area contributed by atoms with Gasteiger partial charge in [0.1, 0.15) is 11.5 Å². The highest BCUT2D eigenvalue weighted by Crippen LogP contribution is 2.31. The minimum Gasteiger partial charge on any atom is -0.382 e. The van der Waals surface area contributed by atoms with Crippen LogP contribution in [0.1, 0.15) is 35.1 Å². The molecule has 2 aromatic heterocycles. The number of amides is 1. The van der Waals surface area contributed by atoms with Gasteiger partial charge in [-0.1, -0.05) is 0 Å². The smallest absolute Gasteiger partial charge is 0.270 e. The molecule has 0 aliphatic carbocycles. The first-order chi connectivity index (χ1) is 9.25. The number of carbonyl (C=O) groups is 1. The fourth-order valence-corrected chi connectivity index (χ4v) is 2.47. The topological polar surface area (TPSA) is 87.9 Å². The van der Waals surface area contributed by atoms with Crippen molar-refractivity contribution >= 4 is 11.7 Å². The maximum absolute atomic E-state index is 12.4. The summed E-state index contributed by atoms with van der Waals surface area (Å²) in [6.45, 7) is 0.745. The van der Waals surface area contributed by atoms with Crippen LogP contribution < -0.4 is 5.73 Å². The molecule has 1 fully saturated rings. The van der Waals surface area contributed by atoms with Crippen molar-refractivity contribution in [1.82, 2.24) is 20.1 Å². The van der Waals surface area contributed by atoms with Crippen LogP contribution in [0, 0.1) is 0 Å². The molecule has 0 spiro atoms. The predicted molar refractivity (Wildman–Crippen MR) is 70.2 cm³/mol. The van der Waals surface area contributed by atoms with E-state index in [0.29, 0.717) is 11.5 Å². The van der Waals surface area contributed by atoms with Gasteiger partial charge in [-0.05, 0) is 37.1 Å². The molecule has 1 aliphatic rings. The molecule has 0 radical (unpaired) electrons. The molecule has 3 heterocycles. The van der Waals surface area contributed by atoms with Crippen molar-refractivity contribution in [2.45, 2.75) is 18.9 Å². The van der Waals surface area contributed by atoms with Gasteiger partial charge in [0.15, 0.2) is 0 Å². The van der Waals surface area contributed by atoms with Crippen LogP contribution in [0.4, 0.5) is 5.82 Å². The highest BCUT2D eigenvalue weighted by Gasteiger charge is 2.32. The number of nitrogens with two attached hydrogens (primary N) is 1.